The molecule has 3 rings (SSSR count). The van der Waals surface area contributed by atoms with Crippen LogP contribution in [-0.2, 0) is 0 Å². The largest absolute Gasteiger partial charge is 0.402 e. The van der Waals surface area contributed by atoms with Gasteiger partial charge in [-0.05, 0) is 24.3 Å². The van der Waals surface area contributed by atoms with Crippen molar-refractivity contribution in [1.82, 2.24) is 15.4 Å². The third-order valence-corrected chi connectivity index (χ3v) is 2.55. The van der Waals surface area contributed by atoms with Gasteiger partial charge in [0.25, 0.3) is 5.89 Å². The van der Waals surface area contributed by atoms with Gasteiger partial charge in [-0.1, -0.05) is 21.9 Å². The molecule has 0 aliphatic carbocycles. The first-order chi connectivity index (χ1) is 8.72. The van der Waals surface area contributed by atoms with Crippen LogP contribution >= 0.6 is 11.6 Å². The third kappa shape index (κ3) is 1.93. The summed E-state index contributed by atoms with van der Waals surface area (Å²) in [6.45, 7) is 0. The van der Waals surface area contributed by atoms with Gasteiger partial charge in [0, 0.05) is 16.7 Å². The fourth-order valence-corrected chi connectivity index (χ4v) is 1.59. The summed E-state index contributed by atoms with van der Waals surface area (Å²) < 4.78 is 10.2. The first kappa shape index (κ1) is 10.8. The molecule has 2 heterocycles. The molecule has 0 unspecified atom stereocenters. The molecule has 0 bridgehead atoms. The van der Waals surface area contributed by atoms with Crippen molar-refractivity contribution in [1.29, 1.82) is 0 Å². The highest BCUT2D eigenvalue weighted by Gasteiger charge is 2.13. The monoisotopic (exact) mass is 262 g/mol. The first-order valence-corrected chi connectivity index (χ1v) is 5.42. The van der Waals surface area contributed by atoms with Gasteiger partial charge in [-0.2, -0.15) is 0 Å². The van der Waals surface area contributed by atoms with Gasteiger partial charge in [0.1, 0.15) is 0 Å². The van der Waals surface area contributed by atoms with Crippen LogP contribution in [-0.4, -0.2) is 15.4 Å². The number of hydrogen-bond acceptors (Lipinski definition) is 6. The van der Waals surface area contributed by atoms with E-state index < -0.39 is 0 Å². The molecular formula is C11H7ClN4O2. The molecule has 7 heteroatoms. The maximum atomic E-state index is 5.81. The van der Waals surface area contributed by atoms with Crippen molar-refractivity contribution in [3.63, 3.8) is 0 Å². The first-order valence-electron chi connectivity index (χ1n) is 5.04. The Morgan fingerprint density at radius 2 is 1.89 bits per heavy atom. The molecule has 1 aromatic carbocycles. The fraction of sp³-hybridized carbons (Fsp3) is 0. The molecule has 18 heavy (non-hydrogen) atoms. The quantitative estimate of drug-likeness (QED) is 0.763. The van der Waals surface area contributed by atoms with Gasteiger partial charge >= 0.3 is 6.01 Å². The molecule has 3 aromatic rings. The van der Waals surface area contributed by atoms with Crippen molar-refractivity contribution in [2.24, 2.45) is 0 Å². The average molecular weight is 263 g/mol. The lowest BCUT2D eigenvalue weighted by molar-refractivity contribution is 0.431. The summed E-state index contributed by atoms with van der Waals surface area (Å²) in [7, 11) is 0. The fourth-order valence-electron chi connectivity index (χ4n) is 1.46. The summed E-state index contributed by atoms with van der Waals surface area (Å²) in [5, 5.41) is 11.8. The van der Waals surface area contributed by atoms with Gasteiger partial charge in [-0.25, -0.2) is 0 Å². The number of nitrogen functional groups attached to an aromatic ring is 1. The van der Waals surface area contributed by atoms with E-state index in [1.807, 2.05) is 12.1 Å². The molecule has 0 radical (unpaired) electrons. The van der Waals surface area contributed by atoms with Gasteiger partial charge in [-0.3, -0.25) is 0 Å². The van der Waals surface area contributed by atoms with Crippen LogP contribution in [0.1, 0.15) is 0 Å². The maximum absolute atomic E-state index is 5.81. The second kappa shape index (κ2) is 4.15. The molecule has 0 aliphatic heterocycles. The molecular weight excluding hydrogens is 256 g/mol. The van der Waals surface area contributed by atoms with Crippen molar-refractivity contribution in [2.45, 2.75) is 0 Å². The van der Waals surface area contributed by atoms with E-state index in [0.717, 1.165) is 5.56 Å². The van der Waals surface area contributed by atoms with E-state index in [-0.39, 0.29) is 11.9 Å². The van der Waals surface area contributed by atoms with Crippen molar-refractivity contribution < 1.29 is 8.94 Å². The van der Waals surface area contributed by atoms with Crippen molar-refractivity contribution in [2.75, 3.05) is 5.73 Å². The number of nitrogens with two attached hydrogens (primary N) is 1. The van der Waals surface area contributed by atoms with Crippen LogP contribution in [0.3, 0.4) is 0 Å². The zero-order valence-electron chi connectivity index (χ0n) is 9.00. The number of nitrogens with zero attached hydrogens (tertiary/aromatic N) is 3. The number of halogens is 1. The lowest BCUT2D eigenvalue weighted by Gasteiger charge is -1.93. The highest BCUT2D eigenvalue weighted by atomic mass is 35.5. The van der Waals surface area contributed by atoms with Gasteiger partial charge in [0.2, 0.25) is 0 Å². The van der Waals surface area contributed by atoms with E-state index >= 15 is 0 Å². The maximum Gasteiger partial charge on any atom is 0.313 e. The third-order valence-electron chi connectivity index (χ3n) is 2.30. The number of anilines is 1. The van der Waals surface area contributed by atoms with E-state index in [2.05, 4.69) is 15.4 Å². The molecule has 0 fully saturated rings. The van der Waals surface area contributed by atoms with E-state index in [9.17, 15) is 0 Å². The second-order valence-corrected chi connectivity index (χ2v) is 3.97. The highest BCUT2D eigenvalue weighted by molar-refractivity contribution is 6.30. The van der Waals surface area contributed by atoms with Crippen LogP contribution in [0.25, 0.3) is 22.9 Å². The number of hydrogen-bond donors (Lipinski definition) is 1. The molecule has 0 aliphatic rings. The second-order valence-electron chi connectivity index (χ2n) is 3.53. The van der Waals surface area contributed by atoms with Gasteiger partial charge in [0.15, 0.2) is 11.5 Å². The van der Waals surface area contributed by atoms with E-state index in [4.69, 9.17) is 26.3 Å². The zero-order valence-corrected chi connectivity index (χ0v) is 9.76. The molecule has 6 nitrogen and oxygen atoms in total. The Balaban J connectivity index is 1.96. The molecule has 0 atom stereocenters. The average Bonchev–Trinajstić information content (AvgIpc) is 2.98. The smallest absolute Gasteiger partial charge is 0.313 e. The summed E-state index contributed by atoms with van der Waals surface area (Å²) in [5.41, 5.74) is 6.62. The van der Waals surface area contributed by atoms with E-state index in [1.54, 1.807) is 18.2 Å². The van der Waals surface area contributed by atoms with Gasteiger partial charge in [-0.15, -0.1) is 5.10 Å². The number of rotatable bonds is 2. The molecule has 2 aromatic heterocycles. The van der Waals surface area contributed by atoms with Crippen molar-refractivity contribution >= 4 is 17.6 Å². The normalized spacial score (nSPS) is 10.7. The summed E-state index contributed by atoms with van der Waals surface area (Å²) >= 11 is 5.81. The van der Waals surface area contributed by atoms with Gasteiger partial charge in [0.05, 0.1) is 0 Å². The Kier molecular flexibility index (Phi) is 2.49. The standard InChI is InChI=1S/C11H7ClN4O2/c12-7-3-1-6(2-4-7)9-5-8(16-18-9)10-14-15-11(13)17-10/h1-5H,(H2,13,15). The van der Waals surface area contributed by atoms with Crippen LogP contribution in [0, 0.1) is 0 Å². The Morgan fingerprint density at radius 1 is 1.11 bits per heavy atom. The van der Waals surface area contributed by atoms with Crippen LogP contribution in [0.5, 0.6) is 0 Å². The lowest BCUT2D eigenvalue weighted by atomic mass is 10.1. The van der Waals surface area contributed by atoms with Crippen LogP contribution < -0.4 is 5.73 Å². The Bertz CT molecular complexity index is 674. The Labute approximate surface area is 106 Å². The van der Waals surface area contributed by atoms with E-state index in [1.165, 1.54) is 0 Å². The van der Waals surface area contributed by atoms with Crippen molar-refractivity contribution in [3.8, 4) is 22.9 Å². The van der Waals surface area contributed by atoms with Crippen LogP contribution in [0.4, 0.5) is 6.01 Å². The van der Waals surface area contributed by atoms with Crippen LogP contribution in [0.2, 0.25) is 5.02 Å². The topological polar surface area (TPSA) is 91.0 Å². The minimum absolute atomic E-state index is 0.0129. The molecule has 0 spiro atoms. The minimum atomic E-state index is -0.0129. The number of aromatic nitrogens is 3. The van der Waals surface area contributed by atoms with Gasteiger partial charge < -0.3 is 14.7 Å². The van der Waals surface area contributed by atoms with Crippen molar-refractivity contribution in [3.05, 3.63) is 35.4 Å². The highest BCUT2D eigenvalue weighted by Crippen LogP contribution is 2.26. The molecule has 0 saturated carbocycles. The van der Waals surface area contributed by atoms with Crippen LogP contribution in [0.15, 0.2) is 39.3 Å². The summed E-state index contributed by atoms with van der Waals surface area (Å²) in [6.07, 6.45) is 0. The lowest BCUT2D eigenvalue weighted by Crippen LogP contribution is -1.81. The molecule has 2 N–H and O–H groups in total. The Morgan fingerprint density at radius 3 is 2.56 bits per heavy atom. The molecule has 90 valence electrons. The van der Waals surface area contributed by atoms with E-state index in [0.29, 0.717) is 16.5 Å². The number of benzene rings is 1. The molecule has 0 amide bonds. The Hall–Kier alpha value is -2.34. The zero-order chi connectivity index (χ0) is 12.5. The predicted octanol–water partition coefficient (Wildman–Crippen LogP) is 2.63. The SMILES string of the molecule is Nc1nnc(-c2cc(-c3ccc(Cl)cc3)on2)o1. The summed E-state index contributed by atoms with van der Waals surface area (Å²) in [5.74, 6) is 0.801. The predicted molar refractivity (Wildman–Crippen MR) is 64.7 cm³/mol. The summed E-state index contributed by atoms with van der Waals surface area (Å²) in [6, 6.07) is 8.87. The molecule has 0 saturated heterocycles. The summed E-state index contributed by atoms with van der Waals surface area (Å²) in [4.78, 5) is 0. The minimum Gasteiger partial charge on any atom is -0.402 e.